The molecule has 0 spiro atoms. The molecule has 2 rings (SSSR count). The second-order valence-corrected chi connectivity index (χ2v) is 5.78. The molecule has 2 aliphatic heterocycles. The number of rotatable bonds is 4. The molecule has 2 fully saturated rings. The van der Waals surface area contributed by atoms with Crippen LogP contribution in [0, 0.1) is 5.92 Å². The molecule has 3 atom stereocenters. The summed E-state index contributed by atoms with van der Waals surface area (Å²) in [6, 6.07) is 0. The van der Waals surface area contributed by atoms with E-state index in [0.29, 0.717) is 12.8 Å². The van der Waals surface area contributed by atoms with E-state index in [0.717, 1.165) is 0 Å². The van der Waals surface area contributed by atoms with Crippen molar-refractivity contribution in [3.63, 3.8) is 0 Å². The van der Waals surface area contributed by atoms with E-state index in [4.69, 9.17) is 14.2 Å². The summed E-state index contributed by atoms with van der Waals surface area (Å²) in [5, 5.41) is 0. The molecule has 0 aromatic rings. The molecule has 0 amide bonds. The maximum Gasteiger partial charge on any atom is 0.338 e. The molecule has 106 valence electrons. The number of carbonyl (C=O) groups is 1. The van der Waals surface area contributed by atoms with Gasteiger partial charge in [0.15, 0.2) is 11.9 Å². The van der Waals surface area contributed by atoms with Crippen molar-refractivity contribution < 1.29 is 19.0 Å². The highest BCUT2D eigenvalue weighted by Gasteiger charge is 2.58. The summed E-state index contributed by atoms with van der Waals surface area (Å²) in [4.78, 5) is 12.2. The van der Waals surface area contributed by atoms with Crippen LogP contribution in [0.5, 0.6) is 0 Å². The number of esters is 1. The summed E-state index contributed by atoms with van der Waals surface area (Å²) in [6.07, 6.45) is 3.80. The molecular weight excluding hydrogens is 244 g/mol. The van der Waals surface area contributed by atoms with Crippen molar-refractivity contribution in [3.05, 3.63) is 25.3 Å². The first-order valence-electron chi connectivity index (χ1n) is 6.65. The molecule has 0 N–H and O–H groups in total. The standard InChI is InChI=1S/C15H22O4/c1-6-8-15(9-7-2)10(3)11-12(13(16)19-15)18-14(4,5)17-11/h6-7,10-12H,1-2,8-9H2,3-5H3/t10-,11-,12-/m1/s1. The van der Waals surface area contributed by atoms with Crippen LogP contribution in [0.15, 0.2) is 25.3 Å². The Kier molecular flexibility index (Phi) is 3.58. The first kappa shape index (κ1) is 14.3. The lowest BCUT2D eigenvalue weighted by Crippen LogP contribution is -2.57. The molecular formula is C15H22O4. The van der Waals surface area contributed by atoms with Gasteiger partial charge in [0, 0.05) is 18.8 Å². The maximum atomic E-state index is 12.2. The van der Waals surface area contributed by atoms with Crippen molar-refractivity contribution in [2.45, 2.75) is 57.2 Å². The van der Waals surface area contributed by atoms with Gasteiger partial charge < -0.3 is 14.2 Å². The highest BCUT2D eigenvalue weighted by molar-refractivity contribution is 5.77. The lowest BCUT2D eigenvalue weighted by molar-refractivity contribution is -0.196. The minimum absolute atomic E-state index is 0.0213. The van der Waals surface area contributed by atoms with E-state index in [1.165, 1.54) is 0 Å². The fourth-order valence-electron chi connectivity index (χ4n) is 3.01. The van der Waals surface area contributed by atoms with E-state index >= 15 is 0 Å². The summed E-state index contributed by atoms with van der Waals surface area (Å²) in [5.74, 6) is -1.08. The Hall–Kier alpha value is -1.13. The normalized spacial score (nSPS) is 35.3. The van der Waals surface area contributed by atoms with E-state index in [9.17, 15) is 4.79 Å². The molecule has 0 radical (unpaired) electrons. The number of hydrogen-bond donors (Lipinski definition) is 0. The Morgan fingerprint density at radius 1 is 1.21 bits per heavy atom. The van der Waals surface area contributed by atoms with Gasteiger partial charge in [0.2, 0.25) is 0 Å². The van der Waals surface area contributed by atoms with Gasteiger partial charge in [0.1, 0.15) is 11.7 Å². The second-order valence-electron chi connectivity index (χ2n) is 5.78. The van der Waals surface area contributed by atoms with Gasteiger partial charge in [-0.1, -0.05) is 19.1 Å². The maximum absolute atomic E-state index is 12.2. The molecule has 2 heterocycles. The summed E-state index contributed by atoms with van der Waals surface area (Å²) >= 11 is 0. The smallest absolute Gasteiger partial charge is 0.338 e. The average Bonchev–Trinajstić information content (AvgIpc) is 2.64. The fraction of sp³-hybridized carbons (Fsp3) is 0.667. The molecule has 4 heteroatoms. The Labute approximate surface area is 114 Å². The van der Waals surface area contributed by atoms with Gasteiger partial charge in [0.25, 0.3) is 0 Å². The monoisotopic (exact) mass is 266 g/mol. The number of cyclic esters (lactones) is 1. The summed E-state index contributed by atoms with van der Waals surface area (Å²) in [5.41, 5.74) is -0.620. The van der Waals surface area contributed by atoms with Gasteiger partial charge in [-0.05, 0) is 13.8 Å². The van der Waals surface area contributed by atoms with Crippen LogP contribution in [0.4, 0.5) is 0 Å². The first-order chi connectivity index (χ1) is 8.85. The highest BCUT2D eigenvalue weighted by atomic mass is 16.8. The van der Waals surface area contributed by atoms with Crippen molar-refractivity contribution in [1.29, 1.82) is 0 Å². The largest absolute Gasteiger partial charge is 0.456 e. The van der Waals surface area contributed by atoms with Gasteiger partial charge in [-0.15, -0.1) is 13.2 Å². The van der Waals surface area contributed by atoms with Crippen LogP contribution in [0.1, 0.15) is 33.6 Å². The Morgan fingerprint density at radius 3 is 2.32 bits per heavy atom. The molecule has 0 aliphatic carbocycles. The molecule has 2 aliphatic rings. The van der Waals surface area contributed by atoms with Crippen molar-refractivity contribution in [2.75, 3.05) is 0 Å². The van der Waals surface area contributed by atoms with Crippen LogP contribution in [0.2, 0.25) is 0 Å². The van der Waals surface area contributed by atoms with E-state index in [-0.39, 0.29) is 18.0 Å². The third-order valence-corrected chi connectivity index (χ3v) is 3.97. The number of ether oxygens (including phenoxy) is 3. The van der Waals surface area contributed by atoms with Gasteiger partial charge in [0.05, 0.1) is 0 Å². The minimum atomic E-state index is -0.749. The van der Waals surface area contributed by atoms with E-state index in [2.05, 4.69) is 13.2 Å². The zero-order chi connectivity index (χ0) is 14.3. The molecule has 0 saturated carbocycles. The van der Waals surface area contributed by atoms with Crippen LogP contribution in [0.3, 0.4) is 0 Å². The molecule has 0 aromatic carbocycles. The molecule has 4 nitrogen and oxygen atoms in total. The van der Waals surface area contributed by atoms with Gasteiger partial charge >= 0.3 is 5.97 Å². The number of hydrogen-bond acceptors (Lipinski definition) is 4. The van der Waals surface area contributed by atoms with Crippen LogP contribution in [-0.4, -0.2) is 29.6 Å². The highest BCUT2D eigenvalue weighted by Crippen LogP contribution is 2.45. The van der Waals surface area contributed by atoms with E-state index in [1.807, 2.05) is 20.8 Å². The molecule has 0 unspecified atom stereocenters. The van der Waals surface area contributed by atoms with Crippen LogP contribution >= 0.6 is 0 Å². The quantitative estimate of drug-likeness (QED) is 0.579. The number of fused-ring (bicyclic) bond motifs is 1. The summed E-state index contributed by atoms with van der Waals surface area (Å²) in [6.45, 7) is 13.2. The first-order valence-corrected chi connectivity index (χ1v) is 6.65. The average molecular weight is 266 g/mol. The van der Waals surface area contributed by atoms with Crippen molar-refractivity contribution in [1.82, 2.24) is 0 Å². The lowest BCUT2D eigenvalue weighted by atomic mass is 9.76. The molecule has 2 saturated heterocycles. The Morgan fingerprint density at radius 2 is 1.79 bits per heavy atom. The summed E-state index contributed by atoms with van der Waals surface area (Å²) in [7, 11) is 0. The Balaban J connectivity index is 2.32. The third-order valence-electron chi connectivity index (χ3n) is 3.97. The number of carbonyl (C=O) groups excluding carboxylic acids is 1. The SMILES string of the molecule is C=CCC1(CC=C)OC(=O)[C@@H]2OC(C)(C)O[C@@H]2[C@H]1C. The molecule has 19 heavy (non-hydrogen) atoms. The van der Waals surface area contributed by atoms with Crippen molar-refractivity contribution in [2.24, 2.45) is 5.92 Å². The van der Waals surface area contributed by atoms with Gasteiger partial charge in [-0.25, -0.2) is 4.79 Å². The zero-order valence-electron chi connectivity index (χ0n) is 11.8. The topological polar surface area (TPSA) is 44.8 Å². The lowest BCUT2D eigenvalue weighted by Gasteiger charge is -2.44. The predicted octanol–water partition coefficient (Wildman–Crippen LogP) is 2.59. The van der Waals surface area contributed by atoms with Crippen molar-refractivity contribution in [3.8, 4) is 0 Å². The van der Waals surface area contributed by atoms with Gasteiger partial charge in [-0.3, -0.25) is 0 Å². The van der Waals surface area contributed by atoms with E-state index in [1.54, 1.807) is 12.2 Å². The molecule has 0 aromatic heterocycles. The zero-order valence-corrected chi connectivity index (χ0v) is 11.8. The van der Waals surface area contributed by atoms with Crippen LogP contribution in [0.25, 0.3) is 0 Å². The van der Waals surface area contributed by atoms with Crippen LogP contribution < -0.4 is 0 Å². The minimum Gasteiger partial charge on any atom is -0.456 e. The van der Waals surface area contributed by atoms with Crippen molar-refractivity contribution >= 4 is 5.97 Å². The Bertz CT molecular complexity index is 389. The fourth-order valence-corrected chi connectivity index (χ4v) is 3.01. The molecule has 0 bridgehead atoms. The predicted molar refractivity (Wildman–Crippen MR) is 71.4 cm³/mol. The van der Waals surface area contributed by atoms with E-state index < -0.39 is 17.5 Å². The third kappa shape index (κ3) is 2.35. The summed E-state index contributed by atoms with van der Waals surface area (Å²) < 4.78 is 17.2. The van der Waals surface area contributed by atoms with Gasteiger partial charge in [-0.2, -0.15) is 0 Å². The second kappa shape index (κ2) is 4.76. The van der Waals surface area contributed by atoms with Crippen LogP contribution in [-0.2, 0) is 19.0 Å².